The van der Waals surface area contributed by atoms with Crippen LogP contribution in [0.5, 0.6) is 0 Å². The quantitative estimate of drug-likeness (QED) is 0.344. The maximum atomic E-state index is 12.0. The molecule has 0 spiro atoms. The average Bonchev–Trinajstić information content (AvgIpc) is 2.26. The SMILES string of the molecule is C[N+](C)(C)CC(O)=[P+]([O-])C1=CCC(=[N+]=[N-])C=C1. The summed E-state index contributed by atoms with van der Waals surface area (Å²) in [6.45, 7) is 0.349. The second-order valence-corrected chi connectivity index (χ2v) is 6.54. The van der Waals surface area contributed by atoms with E-state index in [-0.39, 0.29) is 5.48 Å². The molecule has 6 heteroatoms. The van der Waals surface area contributed by atoms with Gasteiger partial charge in [-0.3, -0.25) is 0 Å². The van der Waals surface area contributed by atoms with Gasteiger partial charge in [-0.15, -0.1) is 0 Å². The van der Waals surface area contributed by atoms with Crippen molar-refractivity contribution < 1.29 is 19.3 Å². The lowest BCUT2D eigenvalue weighted by Gasteiger charge is -2.22. The number of aliphatic hydroxyl groups excluding tert-OH is 1. The van der Waals surface area contributed by atoms with Gasteiger partial charge in [-0.05, 0) is 12.2 Å². The first kappa shape index (κ1) is 14.0. The zero-order chi connectivity index (χ0) is 13.1. The minimum atomic E-state index is -1.90. The van der Waals surface area contributed by atoms with Crippen LogP contribution in [0.2, 0.25) is 0 Å². The van der Waals surface area contributed by atoms with E-state index in [1.807, 2.05) is 21.1 Å². The van der Waals surface area contributed by atoms with Crippen molar-refractivity contribution in [2.45, 2.75) is 6.42 Å². The molecule has 92 valence electrons. The molecular formula is C11H17N3O2P+. The third-order valence-electron chi connectivity index (χ3n) is 2.18. The lowest BCUT2D eigenvalue weighted by molar-refractivity contribution is -0.861. The monoisotopic (exact) mass is 254 g/mol. The minimum absolute atomic E-state index is 0.00668. The Balaban J connectivity index is 2.88. The zero-order valence-electron chi connectivity index (χ0n) is 10.3. The third kappa shape index (κ3) is 4.35. The van der Waals surface area contributed by atoms with Crippen molar-refractivity contribution in [1.29, 1.82) is 0 Å². The fourth-order valence-electron chi connectivity index (χ4n) is 1.39. The highest BCUT2D eigenvalue weighted by molar-refractivity contribution is 7.56. The normalized spacial score (nSPS) is 17.5. The van der Waals surface area contributed by atoms with Crippen LogP contribution in [0, 0.1) is 0 Å². The summed E-state index contributed by atoms with van der Waals surface area (Å²) in [5, 5.41) is 10.4. The van der Waals surface area contributed by atoms with Crippen LogP contribution in [0.4, 0.5) is 0 Å². The molecule has 0 fully saturated rings. The molecule has 0 aromatic rings. The molecule has 1 N–H and O–H groups in total. The highest BCUT2D eigenvalue weighted by Crippen LogP contribution is 2.30. The van der Waals surface area contributed by atoms with Crippen LogP contribution < -0.4 is 4.89 Å². The number of allylic oxidation sites excluding steroid dienone is 4. The number of rotatable bonds is 3. The summed E-state index contributed by atoms with van der Waals surface area (Å²) < 4.78 is 0.521. The summed E-state index contributed by atoms with van der Waals surface area (Å²) in [4.78, 5) is 15.1. The average molecular weight is 254 g/mol. The van der Waals surface area contributed by atoms with E-state index in [9.17, 15) is 10.00 Å². The Morgan fingerprint density at radius 1 is 1.53 bits per heavy atom. The molecule has 0 aliphatic heterocycles. The van der Waals surface area contributed by atoms with Crippen molar-refractivity contribution in [2.24, 2.45) is 0 Å². The van der Waals surface area contributed by atoms with Crippen LogP contribution >= 0.6 is 7.77 Å². The molecular weight excluding hydrogens is 237 g/mol. The van der Waals surface area contributed by atoms with Crippen LogP contribution in [0.15, 0.2) is 23.5 Å². The first-order chi connectivity index (χ1) is 7.83. The number of hydrogen-bond acceptors (Lipinski definition) is 1. The van der Waals surface area contributed by atoms with Crippen molar-refractivity contribution in [1.82, 2.24) is 0 Å². The highest BCUT2D eigenvalue weighted by Gasteiger charge is 2.21. The number of hydrogen-bond donors (Lipinski definition) is 1. The molecule has 0 aromatic heterocycles. The molecule has 0 amide bonds. The maximum absolute atomic E-state index is 12.0. The van der Waals surface area contributed by atoms with Gasteiger partial charge in [-0.25, -0.2) is 0 Å². The van der Waals surface area contributed by atoms with E-state index in [1.54, 1.807) is 18.2 Å². The van der Waals surface area contributed by atoms with Crippen LogP contribution in [0.3, 0.4) is 0 Å². The van der Waals surface area contributed by atoms with Crippen molar-refractivity contribution in [3.05, 3.63) is 29.1 Å². The van der Waals surface area contributed by atoms with Gasteiger partial charge < -0.3 is 20.0 Å². The van der Waals surface area contributed by atoms with E-state index in [4.69, 9.17) is 5.53 Å². The molecule has 5 nitrogen and oxygen atoms in total. The Morgan fingerprint density at radius 2 is 2.18 bits per heavy atom. The summed E-state index contributed by atoms with van der Waals surface area (Å²) in [6, 6.07) is 0. The molecule has 0 saturated heterocycles. The first-order valence-corrected chi connectivity index (χ1v) is 6.51. The number of aliphatic hydroxyl groups is 1. The van der Waals surface area contributed by atoms with Gasteiger partial charge >= 0.3 is 0 Å². The van der Waals surface area contributed by atoms with E-state index in [0.717, 1.165) is 0 Å². The predicted octanol–water partition coefficient (Wildman–Crippen LogP) is 0.467. The smallest absolute Gasteiger partial charge is 0.296 e. The highest BCUT2D eigenvalue weighted by atomic mass is 31.1. The lowest BCUT2D eigenvalue weighted by atomic mass is 10.2. The molecule has 1 rings (SSSR count). The van der Waals surface area contributed by atoms with Crippen LogP contribution in [0.1, 0.15) is 6.42 Å². The molecule has 0 saturated carbocycles. The summed E-state index contributed by atoms with van der Waals surface area (Å²) in [7, 11) is 3.85. The van der Waals surface area contributed by atoms with E-state index in [0.29, 0.717) is 28.5 Å². The van der Waals surface area contributed by atoms with Gasteiger partial charge in [-0.2, -0.15) is 4.79 Å². The van der Waals surface area contributed by atoms with Gasteiger partial charge in [0, 0.05) is 6.08 Å². The largest absolute Gasteiger partial charge is 0.624 e. The second kappa shape index (κ2) is 5.50. The molecule has 1 atom stereocenters. The molecule has 1 aliphatic rings. The van der Waals surface area contributed by atoms with Crippen molar-refractivity contribution >= 4 is 19.0 Å². The van der Waals surface area contributed by atoms with Crippen LogP contribution in [-0.2, 0) is 0 Å². The van der Waals surface area contributed by atoms with Gasteiger partial charge in [0.2, 0.25) is 0 Å². The van der Waals surface area contributed by atoms with E-state index < -0.39 is 7.77 Å². The van der Waals surface area contributed by atoms with Gasteiger partial charge in [0.15, 0.2) is 6.54 Å². The van der Waals surface area contributed by atoms with Crippen molar-refractivity contribution in [2.75, 3.05) is 27.7 Å². The Hall–Kier alpha value is -1.09. The number of nitrogens with zero attached hydrogens (tertiary/aromatic N) is 3. The van der Waals surface area contributed by atoms with E-state index >= 15 is 0 Å². The molecule has 0 bridgehead atoms. The fourth-order valence-corrected chi connectivity index (χ4v) is 2.71. The van der Waals surface area contributed by atoms with Crippen molar-refractivity contribution in [3.63, 3.8) is 0 Å². The standard InChI is InChI=1S/C11H16N3O2P/c1-14(2,3)8-11(15)17(16)10-6-4-9(13-12)5-7-10/h4,6-7H,5,8H2,1-3H3/p+1. The zero-order valence-corrected chi connectivity index (χ0v) is 11.2. The van der Waals surface area contributed by atoms with Gasteiger partial charge in [0.05, 0.1) is 27.6 Å². The number of likely N-dealkylation sites (N-methyl/N-ethyl adjacent to an activating group) is 1. The summed E-state index contributed by atoms with van der Waals surface area (Å²) in [5.74, 6) is 0. The van der Waals surface area contributed by atoms with E-state index in [1.165, 1.54) is 0 Å². The van der Waals surface area contributed by atoms with Crippen LogP contribution in [0.25, 0.3) is 5.53 Å². The fraction of sp³-hybridized carbons (Fsp3) is 0.455. The summed E-state index contributed by atoms with van der Waals surface area (Å²) in [6.07, 6.45) is 5.35. The Labute approximate surface area is 102 Å². The molecule has 0 radical (unpaired) electrons. The van der Waals surface area contributed by atoms with Crippen molar-refractivity contribution in [3.8, 4) is 0 Å². The van der Waals surface area contributed by atoms with Gasteiger partial charge in [-0.1, -0.05) is 0 Å². The topological polar surface area (TPSA) is 79.7 Å². The maximum Gasteiger partial charge on any atom is 0.296 e. The Bertz CT molecular complexity index is 452. The predicted molar refractivity (Wildman–Crippen MR) is 67.2 cm³/mol. The van der Waals surface area contributed by atoms with Gasteiger partial charge in [0.25, 0.3) is 11.2 Å². The molecule has 0 heterocycles. The summed E-state index contributed by atoms with van der Waals surface area (Å²) in [5.41, 5.74) is 9.07. The van der Waals surface area contributed by atoms with Crippen LogP contribution in [-0.4, -0.2) is 53.3 Å². The molecule has 1 aliphatic carbocycles. The lowest BCUT2D eigenvalue weighted by Crippen LogP contribution is -2.39. The Morgan fingerprint density at radius 3 is 2.59 bits per heavy atom. The van der Waals surface area contributed by atoms with Gasteiger partial charge in [0.1, 0.15) is 13.1 Å². The van der Waals surface area contributed by atoms with E-state index in [2.05, 4.69) is 4.79 Å². The second-order valence-electron chi connectivity index (χ2n) is 4.92. The first-order valence-electron chi connectivity index (χ1n) is 5.25. The Kier molecular flexibility index (Phi) is 4.52. The minimum Gasteiger partial charge on any atom is -0.624 e. The third-order valence-corrected chi connectivity index (χ3v) is 3.59. The summed E-state index contributed by atoms with van der Waals surface area (Å²) >= 11 is 0. The molecule has 17 heavy (non-hydrogen) atoms. The molecule has 0 aromatic carbocycles. The molecule has 1 unspecified atom stereocenters. The number of quaternary nitrogens is 1.